The second-order valence-electron chi connectivity index (χ2n) is 6.73. The number of hydrogen-bond donors (Lipinski definition) is 2. The molecular formula is C22H20N2O4S. The van der Waals surface area contributed by atoms with Crippen LogP contribution < -0.4 is 10.0 Å². The fraction of sp³-hybridized carbons (Fsp3) is 0.136. The second kappa shape index (κ2) is 7.69. The van der Waals surface area contributed by atoms with Gasteiger partial charge in [-0.15, -0.1) is 0 Å². The Labute approximate surface area is 168 Å². The molecule has 0 aliphatic rings. The fourth-order valence-corrected chi connectivity index (χ4v) is 4.08. The fourth-order valence-electron chi connectivity index (χ4n) is 3.34. The Morgan fingerprint density at radius 3 is 2.52 bits per heavy atom. The van der Waals surface area contributed by atoms with E-state index >= 15 is 0 Å². The Balaban J connectivity index is 1.47. The highest BCUT2D eigenvalue weighted by atomic mass is 32.2. The van der Waals surface area contributed by atoms with Crippen molar-refractivity contribution in [3.8, 4) is 0 Å². The van der Waals surface area contributed by atoms with Crippen molar-refractivity contribution in [1.29, 1.82) is 0 Å². The smallest absolute Gasteiger partial charge is 0.240 e. The zero-order chi connectivity index (χ0) is 20.4. The highest BCUT2D eigenvalue weighted by molar-refractivity contribution is 7.89. The molecule has 0 radical (unpaired) electrons. The van der Waals surface area contributed by atoms with Gasteiger partial charge in [-0.1, -0.05) is 42.5 Å². The second-order valence-corrected chi connectivity index (χ2v) is 8.61. The van der Waals surface area contributed by atoms with Crippen LogP contribution in [0.5, 0.6) is 0 Å². The molecule has 4 aromatic rings. The van der Waals surface area contributed by atoms with Crippen LogP contribution >= 0.6 is 0 Å². The Hall–Kier alpha value is -3.16. The maximum Gasteiger partial charge on any atom is 0.240 e. The first-order valence-electron chi connectivity index (χ1n) is 9.15. The lowest BCUT2D eigenvalue weighted by Gasteiger charge is -2.07. The van der Waals surface area contributed by atoms with E-state index < -0.39 is 10.0 Å². The highest BCUT2D eigenvalue weighted by Crippen LogP contribution is 2.30. The Bertz CT molecular complexity index is 1290. The number of carbonyl (C=O) groups is 1. The summed E-state index contributed by atoms with van der Waals surface area (Å²) in [6.07, 6.45) is 1.83. The number of amides is 1. The molecular weight excluding hydrogens is 388 g/mol. The molecule has 0 atom stereocenters. The molecule has 0 bridgehead atoms. The van der Waals surface area contributed by atoms with Gasteiger partial charge in [-0.2, -0.15) is 0 Å². The molecule has 0 spiro atoms. The molecule has 0 aliphatic carbocycles. The van der Waals surface area contributed by atoms with E-state index in [0.717, 1.165) is 32.9 Å². The average molecular weight is 408 g/mol. The van der Waals surface area contributed by atoms with E-state index in [2.05, 4.69) is 10.0 Å². The van der Waals surface area contributed by atoms with Crippen LogP contribution in [0.15, 0.2) is 76.2 Å². The molecule has 0 fully saturated rings. The van der Waals surface area contributed by atoms with Crippen LogP contribution in [0.2, 0.25) is 0 Å². The zero-order valence-corrected chi connectivity index (χ0v) is 16.6. The summed E-state index contributed by atoms with van der Waals surface area (Å²) < 4.78 is 31.4. The maximum atomic E-state index is 12.5. The first-order chi connectivity index (χ1) is 14.0. The molecule has 0 saturated heterocycles. The van der Waals surface area contributed by atoms with Crippen molar-refractivity contribution in [2.75, 3.05) is 7.05 Å². The van der Waals surface area contributed by atoms with Gasteiger partial charge in [-0.25, -0.2) is 13.1 Å². The predicted octanol–water partition coefficient (Wildman–Crippen LogP) is 3.35. The summed E-state index contributed by atoms with van der Waals surface area (Å²) in [7, 11) is -2.10. The van der Waals surface area contributed by atoms with Crippen LogP contribution in [-0.2, 0) is 27.8 Å². The standard InChI is InChI=1S/C22H20N2O4S/c1-23-29(26,27)18-9-6-15(7-10-18)13-24-21(25)12-17-14-28-20-11-8-16-4-2-3-5-19(16)22(17)20/h2-11,14,23H,12-13H2,1H3,(H,24,25). The highest BCUT2D eigenvalue weighted by Gasteiger charge is 2.14. The SMILES string of the molecule is CNS(=O)(=O)c1ccc(CNC(=O)Cc2coc3ccc4ccccc4c23)cc1. The minimum absolute atomic E-state index is 0.132. The minimum Gasteiger partial charge on any atom is -0.464 e. The lowest BCUT2D eigenvalue weighted by molar-refractivity contribution is -0.120. The minimum atomic E-state index is -3.47. The Morgan fingerprint density at radius 2 is 1.76 bits per heavy atom. The molecule has 29 heavy (non-hydrogen) atoms. The van der Waals surface area contributed by atoms with Gasteiger partial charge < -0.3 is 9.73 Å². The molecule has 0 aliphatic heterocycles. The number of hydrogen-bond acceptors (Lipinski definition) is 4. The zero-order valence-electron chi connectivity index (χ0n) is 15.8. The molecule has 0 unspecified atom stereocenters. The van der Waals surface area contributed by atoms with Crippen molar-refractivity contribution in [3.63, 3.8) is 0 Å². The average Bonchev–Trinajstić information content (AvgIpc) is 3.16. The number of furan rings is 1. The van der Waals surface area contributed by atoms with Crippen molar-refractivity contribution in [3.05, 3.63) is 78.1 Å². The largest absolute Gasteiger partial charge is 0.464 e. The van der Waals surface area contributed by atoms with Gasteiger partial charge in [-0.3, -0.25) is 4.79 Å². The van der Waals surface area contributed by atoms with Gasteiger partial charge >= 0.3 is 0 Å². The van der Waals surface area contributed by atoms with Crippen LogP contribution in [0.1, 0.15) is 11.1 Å². The summed E-state index contributed by atoms with van der Waals surface area (Å²) in [5, 5.41) is 5.99. The molecule has 6 nitrogen and oxygen atoms in total. The third-order valence-corrected chi connectivity index (χ3v) is 6.31. The van der Waals surface area contributed by atoms with Crippen molar-refractivity contribution in [2.24, 2.45) is 0 Å². The van der Waals surface area contributed by atoms with Crippen molar-refractivity contribution < 1.29 is 17.6 Å². The van der Waals surface area contributed by atoms with E-state index in [1.165, 1.54) is 19.2 Å². The summed E-state index contributed by atoms with van der Waals surface area (Å²) in [5.41, 5.74) is 2.41. The molecule has 1 aromatic heterocycles. The van der Waals surface area contributed by atoms with Crippen molar-refractivity contribution >= 4 is 37.7 Å². The summed E-state index contributed by atoms with van der Waals surface area (Å²) in [6.45, 7) is 0.315. The Morgan fingerprint density at radius 1 is 1.00 bits per heavy atom. The summed E-state index contributed by atoms with van der Waals surface area (Å²) in [5.74, 6) is -0.132. The Kier molecular flexibility index (Phi) is 5.08. The molecule has 2 N–H and O–H groups in total. The van der Waals surface area contributed by atoms with Crippen LogP contribution in [0.25, 0.3) is 21.7 Å². The van der Waals surface area contributed by atoms with Crippen LogP contribution in [0, 0.1) is 0 Å². The monoisotopic (exact) mass is 408 g/mol. The van der Waals surface area contributed by atoms with E-state index in [-0.39, 0.29) is 17.2 Å². The molecule has 148 valence electrons. The van der Waals surface area contributed by atoms with Gasteiger partial charge in [0.05, 0.1) is 17.6 Å². The quantitative estimate of drug-likeness (QED) is 0.512. The van der Waals surface area contributed by atoms with Crippen molar-refractivity contribution in [2.45, 2.75) is 17.9 Å². The van der Waals surface area contributed by atoms with E-state index in [4.69, 9.17) is 4.42 Å². The topological polar surface area (TPSA) is 88.4 Å². The summed E-state index contributed by atoms with van der Waals surface area (Å²) in [4.78, 5) is 12.7. The summed E-state index contributed by atoms with van der Waals surface area (Å²) in [6, 6.07) is 18.3. The third-order valence-electron chi connectivity index (χ3n) is 4.88. The maximum absolute atomic E-state index is 12.5. The van der Waals surface area contributed by atoms with Crippen molar-refractivity contribution in [1.82, 2.24) is 10.0 Å². The molecule has 1 heterocycles. The number of sulfonamides is 1. The molecule has 7 heteroatoms. The van der Waals surface area contributed by atoms with E-state index in [1.807, 2.05) is 36.4 Å². The van der Waals surface area contributed by atoms with Crippen LogP contribution in [0.4, 0.5) is 0 Å². The van der Waals surface area contributed by atoms with Gasteiger partial charge in [-0.05, 0) is 41.6 Å². The lowest BCUT2D eigenvalue weighted by atomic mass is 10.0. The van der Waals surface area contributed by atoms with Gasteiger partial charge in [0.25, 0.3) is 0 Å². The summed E-state index contributed by atoms with van der Waals surface area (Å²) >= 11 is 0. The molecule has 0 saturated carbocycles. The van der Waals surface area contributed by atoms with E-state index in [1.54, 1.807) is 18.4 Å². The van der Waals surface area contributed by atoms with Gasteiger partial charge in [0.15, 0.2) is 0 Å². The molecule has 4 rings (SSSR count). The number of nitrogens with one attached hydrogen (secondary N) is 2. The van der Waals surface area contributed by atoms with E-state index in [9.17, 15) is 13.2 Å². The van der Waals surface area contributed by atoms with Crippen LogP contribution in [0.3, 0.4) is 0 Å². The first kappa shape index (κ1) is 19.2. The number of carbonyl (C=O) groups excluding carboxylic acids is 1. The van der Waals surface area contributed by atoms with Crippen LogP contribution in [-0.4, -0.2) is 21.4 Å². The van der Waals surface area contributed by atoms with Gasteiger partial charge in [0.2, 0.25) is 15.9 Å². The number of rotatable bonds is 6. The van der Waals surface area contributed by atoms with E-state index in [0.29, 0.717) is 6.54 Å². The number of benzene rings is 3. The molecule has 1 amide bonds. The first-order valence-corrected chi connectivity index (χ1v) is 10.6. The van der Waals surface area contributed by atoms with Gasteiger partial charge in [0.1, 0.15) is 5.58 Å². The number of fused-ring (bicyclic) bond motifs is 3. The molecule has 3 aromatic carbocycles. The predicted molar refractivity (Wildman–Crippen MR) is 112 cm³/mol. The third kappa shape index (κ3) is 3.87. The van der Waals surface area contributed by atoms with Gasteiger partial charge in [0, 0.05) is 17.5 Å². The lowest BCUT2D eigenvalue weighted by Crippen LogP contribution is -2.24. The normalized spacial score (nSPS) is 11.8.